The van der Waals surface area contributed by atoms with Gasteiger partial charge in [0.2, 0.25) is 0 Å². The van der Waals surface area contributed by atoms with Crippen molar-refractivity contribution in [3.8, 4) is 0 Å². The van der Waals surface area contributed by atoms with Crippen LogP contribution in [0.3, 0.4) is 0 Å². The molecule has 0 atom stereocenters. The van der Waals surface area contributed by atoms with E-state index in [1.807, 2.05) is 19.1 Å². The summed E-state index contributed by atoms with van der Waals surface area (Å²) in [5.74, 6) is 0.234. The molecule has 1 aromatic carbocycles. The number of ketones is 1. The maximum absolute atomic E-state index is 12.2. The van der Waals surface area contributed by atoms with Crippen LogP contribution in [0.1, 0.15) is 41.6 Å². The minimum Gasteiger partial charge on any atom is -0.399 e. The van der Waals surface area contributed by atoms with Crippen LogP contribution in [0.25, 0.3) is 0 Å². The zero-order chi connectivity index (χ0) is 13.0. The summed E-state index contributed by atoms with van der Waals surface area (Å²) in [5, 5.41) is 0. The van der Waals surface area contributed by atoms with Crippen LogP contribution in [0.5, 0.6) is 0 Å². The summed E-state index contributed by atoms with van der Waals surface area (Å²) in [6.07, 6.45) is 4.50. The van der Waals surface area contributed by atoms with Crippen LogP contribution < -0.4 is 5.73 Å². The van der Waals surface area contributed by atoms with Crippen molar-refractivity contribution in [2.24, 2.45) is 0 Å². The Bertz CT molecular complexity index is 423. The second-order valence-electron chi connectivity index (χ2n) is 5.15. The zero-order valence-electron chi connectivity index (χ0n) is 11.1. The van der Waals surface area contributed by atoms with E-state index in [0.29, 0.717) is 6.42 Å². The number of carbonyl (C=O) groups excluding carboxylic acids is 1. The summed E-state index contributed by atoms with van der Waals surface area (Å²) >= 11 is 0. The summed E-state index contributed by atoms with van der Waals surface area (Å²) in [6.45, 7) is 5.13. The lowest BCUT2D eigenvalue weighted by Crippen LogP contribution is -2.31. The first kappa shape index (κ1) is 13.1. The molecule has 0 amide bonds. The van der Waals surface area contributed by atoms with E-state index in [9.17, 15) is 4.79 Å². The molecular weight excluding hydrogens is 224 g/mol. The van der Waals surface area contributed by atoms with Gasteiger partial charge in [-0.25, -0.2) is 0 Å². The predicted molar refractivity (Wildman–Crippen MR) is 74.8 cm³/mol. The first-order valence-electron chi connectivity index (χ1n) is 6.78. The fourth-order valence-corrected chi connectivity index (χ4v) is 2.58. The highest BCUT2D eigenvalue weighted by atomic mass is 16.1. The molecule has 0 aliphatic carbocycles. The number of rotatable bonds is 4. The van der Waals surface area contributed by atoms with Gasteiger partial charge in [0.15, 0.2) is 5.78 Å². The van der Waals surface area contributed by atoms with Crippen LogP contribution in [-0.4, -0.2) is 30.3 Å². The van der Waals surface area contributed by atoms with Gasteiger partial charge >= 0.3 is 0 Å². The number of hydrogen-bond donors (Lipinski definition) is 1. The maximum Gasteiger partial charge on any atom is 0.164 e. The molecule has 0 saturated carbocycles. The van der Waals surface area contributed by atoms with E-state index in [4.69, 9.17) is 5.73 Å². The Morgan fingerprint density at radius 3 is 2.67 bits per heavy atom. The van der Waals surface area contributed by atoms with Crippen LogP contribution in [0, 0.1) is 6.92 Å². The fraction of sp³-hybridized carbons (Fsp3) is 0.533. The highest BCUT2D eigenvalue weighted by Gasteiger charge is 2.13. The van der Waals surface area contributed by atoms with E-state index < -0.39 is 0 Å². The number of nitrogens with two attached hydrogens (primary N) is 1. The van der Waals surface area contributed by atoms with Crippen molar-refractivity contribution in [1.82, 2.24) is 4.90 Å². The molecule has 18 heavy (non-hydrogen) atoms. The van der Waals surface area contributed by atoms with Crippen LogP contribution >= 0.6 is 0 Å². The molecule has 3 nitrogen and oxygen atoms in total. The van der Waals surface area contributed by atoms with Crippen LogP contribution in [0.15, 0.2) is 18.2 Å². The van der Waals surface area contributed by atoms with Gasteiger partial charge in [-0.2, -0.15) is 0 Å². The first-order chi connectivity index (χ1) is 8.66. The Kier molecular flexibility index (Phi) is 4.37. The molecule has 0 aromatic heterocycles. The van der Waals surface area contributed by atoms with E-state index >= 15 is 0 Å². The second kappa shape index (κ2) is 6.01. The molecule has 2 rings (SSSR count). The van der Waals surface area contributed by atoms with Gasteiger partial charge in [0.25, 0.3) is 0 Å². The Morgan fingerprint density at radius 2 is 2.00 bits per heavy atom. The van der Waals surface area contributed by atoms with Gasteiger partial charge in [-0.1, -0.05) is 6.42 Å². The maximum atomic E-state index is 12.2. The quantitative estimate of drug-likeness (QED) is 0.656. The normalized spacial score (nSPS) is 16.7. The fourth-order valence-electron chi connectivity index (χ4n) is 2.58. The van der Waals surface area contributed by atoms with E-state index in [1.54, 1.807) is 6.07 Å². The number of Topliss-reactive ketones (excluding diaryl/α,β-unsaturated/α-hetero) is 1. The van der Waals surface area contributed by atoms with Gasteiger partial charge in [0, 0.05) is 24.2 Å². The lowest BCUT2D eigenvalue weighted by atomic mass is 10.0. The molecule has 0 bridgehead atoms. The molecule has 98 valence electrons. The van der Waals surface area contributed by atoms with Crippen LogP contribution in [-0.2, 0) is 0 Å². The van der Waals surface area contributed by atoms with Gasteiger partial charge in [-0.3, -0.25) is 4.79 Å². The van der Waals surface area contributed by atoms with E-state index in [0.717, 1.165) is 36.4 Å². The van der Waals surface area contributed by atoms with Gasteiger partial charge in [-0.15, -0.1) is 0 Å². The van der Waals surface area contributed by atoms with E-state index in [2.05, 4.69) is 4.90 Å². The molecule has 1 aromatic rings. The minimum atomic E-state index is 0.234. The monoisotopic (exact) mass is 246 g/mol. The number of anilines is 1. The Morgan fingerprint density at radius 1 is 1.28 bits per heavy atom. The molecular formula is C15H22N2O. The van der Waals surface area contributed by atoms with E-state index in [1.165, 1.54) is 19.3 Å². The highest BCUT2D eigenvalue weighted by molar-refractivity contribution is 5.97. The van der Waals surface area contributed by atoms with Crippen molar-refractivity contribution in [1.29, 1.82) is 0 Å². The van der Waals surface area contributed by atoms with Crippen LogP contribution in [0.4, 0.5) is 5.69 Å². The number of aryl methyl sites for hydroxylation is 1. The molecule has 2 N–H and O–H groups in total. The molecule has 0 unspecified atom stereocenters. The Balaban J connectivity index is 1.90. The van der Waals surface area contributed by atoms with Crippen molar-refractivity contribution in [2.45, 2.75) is 32.6 Å². The van der Waals surface area contributed by atoms with Gasteiger partial charge in [-0.05, 0) is 56.6 Å². The van der Waals surface area contributed by atoms with Crippen molar-refractivity contribution in [3.63, 3.8) is 0 Å². The zero-order valence-corrected chi connectivity index (χ0v) is 11.1. The lowest BCUT2D eigenvalue weighted by molar-refractivity contribution is 0.0958. The van der Waals surface area contributed by atoms with Crippen molar-refractivity contribution in [3.05, 3.63) is 29.3 Å². The molecule has 3 heteroatoms. The number of hydrogen-bond acceptors (Lipinski definition) is 3. The third-order valence-corrected chi connectivity index (χ3v) is 3.65. The van der Waals surface area contributed by atoms with Gasteiger partial charge in [0.1, 0.15) is 0 Å². The molecule has 0 spiro atoms. The average Bonchev–Trinajstić information content (AvgIpc) is 2.37. The number of carbonyl (C=O) groups is 1. The number of likely N-dealkylation sites (tertiary alicyclic amines) is 1. The number of nitrogen functional groups attached to an aromatic ring is 1. The van der Waals surface area contributed by atoms with E-state index in [-0.39, 0.29) is 5.78 Å². The van der Waals surface area contributed by atoms with Crippen molar-refractivity contribution in [2.75, 3.05) is 25.4 Å². The third-order valence-electron chi connectivity index (χ3n) is 3.65. The molecule has 1 aliphatic heterocycles. The second-order valence-corrected chi connectivity index (χ2v) is 5.15. The number of piperidine rings is 1. The first-order valence-corrected chi connectivity index (χ1v) is 6.78. The Hall–Kier alpha value is -1.35. The van der Waals surface area contributed by atoms with Crippen molar-refractivity contribution < 1.29 is 4.79 Å². The summed E-state index contributed by atoms with van der Waals surface area (Å²) < 4.78 is 0. The Labute approximate surface area is 109 Å². The van der Waals surface area contributed by atoms with Gasteiger partial charge < -0.3 is 10.6 Å². The predicted octanol–water partition coefficient (Wildman–Crippen LogP) is 2.64. The summed E-state index contributed by atoms with van der Waals surface area (Å²) in [4.78, 5) is 14.5. The number of benzene rings is 1. The number of nitrogens with zero attached hydrogens (tertiary/aromatic N) is 1. The smallest absolute Gasteiger partial charge is 0.164 e. The molecule has 1 heterocycles. The summed E-state index contributed by atoms with van der Waals surface area (Å²) in [6, 6.07) is 5.53. The standard InChI is InChI=1S/C15H22N2O/c1-12-11-13(16)5-6-14(12)15(18)7-10-17-8-3-2-4-9-17/h5-6,11H,2-4,7-10,16H2,1H3. The minimum absolute atomic E-state index is 0.234. The topological polar surface area (TPSA) is 46.3 Å². The SMILES string of the molecule is Cc1cc(N)ccc1C(=O)CCN1CCCCC1. The summed E-state index contributed by atoms with van der Waals surface area (Å²) in [5.41, 5.74) is 8.23. The largest absolute Gasteiger partial charge is 0.399 e. The summed E-state index contributed by atoms with van der Waals surface area (Å²) in [7, 11) is 0. The third kappa shape index (κ3) is 3.33. The molecule has 1 aliphatic rings. The van der Waals surface area contributed by atoms with Crippen molar-refractivity contribution >= 4 is 11.5 Å². The molecule has 0 radical (unpaired) electrons. The average molecular weight is 246 g/mol. The molecule has 1 saturated heterocycles. The van der Waals surface area contributed by atoms with Gasteiger partial charge in [0.05, 0.1) is 0 Å². The van der Waals surface area contributed by atoms with Crippen LogP contribution in [0.2, 0.25) is 0 Å². The lowest BCUT2D eigenvalue weighted by Gasteiger charge is -2.26. The molecule has 1 fully saturated rings. The highest BCUT2D eigenvalue weighted by Crippen LogP contribution is 2.15.